The number of hydrogen-bond donors (Lipinski definition) is 3. The second-order valence-corrected chi connectivity index (χ2v) is 7.47. The van der Waals surface area contributed by atoms with Crippen molar-refractivity contribution < 1.29 is 10.0 Å². The van der Waals surface area contributed by atoms with Crippen LogP contribution in [0.5, 0.6) is 0 Å². The molecule has 2 rings (SSSR count). The molecular weight excluding hydrogens is 326 g/mol. The molecule has 0 spiro atoms. The van der Waals surface area contributed by atoms with Gasteiger partial charge in [-0.25, -0.2) is 10.5 Å². The van der Waals surface area contributed by atoms with E-state index in [0.29, 0.717) is 29.8 Å². The summed E-state index contributed by atoms with van der Waals surface area (Å²) in [6, 6.07) is 3.32. The molecule has 3 atom stereocenters. The molecule has 1 heterocycles. The van der Waals surface area contributed by atoms with E-state index in [1.165, 1.54) is 11.8 Å². The first kappa shape index (κ1) is 19.9. The first-order chi connectivity index (χ1) is 12.3. The van der Waals surface area contributed by atoms with E-state index in [4.69, 9.17) is 5.21 Å². The molecule has 1 aromatic heterocycles. The van der Waals surface area contributed by atoms with Gasteiger partial charge in [-0.3, -0.25) is 10.0 Å². The highest BCUT2D eigenvalue weighted by Crippen LogP contribution is 2.48. The first-order valence-electron chi connectivity index (χ1n) is 8.91. The summed E-state index contributed by atoms with van der Waals surface area (Å²) in [6.07, 6.45) is 6.72. The summed E-state index contributed by atoms with van der Waals surface area (Å²) in [5.41, 5.74) is 4.37. The highest BCUT2D eigenvalue weighted by atomic mass is 16.5. The Kier molecular flexibility index (Phi) is 6.37. The average Bonchev–Trinajstić information content (AvgIpc) is 2.65. The summed E-state index contributed by atoms with van der Waals surface area (Å²) in [4.78, 5) is 15.5. The topological polar surface area (TPSA) is 74.2 Å². The van der Waals surface area contributed by atoms with Crippen LogP contribution in [0.25, 0.3) is 0 Å². The highest BCUT2D eigenvalue weighted by Gasteiger charge is 2.38. The standard InChI is InChI=1S/C21H29N3O2/c1-6-21(5)10-9-16(11-18(21)14(2)3)15(4)12-22-19-8-7-17(13-23-19)20(25)24-26/h6-8,13,16,18,26H,1-2,4,9-12H2,3,5H3,(H,22,23)(H,24,25)/t16-,18+,21-/m1/s1. The molecule has 0 saturated heterocycles. The van der Waals surface area contributed by atoms with Crippen LogP contribution in [0, 0.1) is 17.3 Å². The van der Waals surface area contributed by atoms with Crippen LogP contribution in [0.2, 0.25) is 0 Å². The summed E-state index contributed by atoms with van der Waals surface area (Å²) in [5, 5.41) is 11.9. The first-order valence-corrected chi connectivity index (χ1v) is 8.91. The van der Waals surface area contributed by atoms with Gasteiger partial charge in [0.1, 0.15) is 5.82 Å². The predicted molar refractivity (Wildman–Crippen MR) is 105 cm³/mol. The molecule has 1 aromatic rings. The molecule has 5 nitrogen and oxygen atoms in total. The number of carbonyl (C=O) groups is 1. The lowest BCUT2D eigenvalue weighted by Crippen LogP contribution is -2.34. The molecule has 1 aliphatic carbocycles. The molecule has 1 amide bonds. The summed E-state index contributed by atoms with van der Waals surface area (Å²) in [6.45, 7) is 17.5. The zero-order valence-electron chi connectivity index (χ0n) is 15.7. The lowest BCUT2D eigenvalue weighted by molar-refractivity contribution is 0.0706. The van der Waals surface area contributed by atoms with E-state index in [9.17, 15) is 4.79 Å². The van der Waals surface area contributed by atoms with Crippen LogP contribution >= 0.6 is 0 Å². The van der Waals surface area contributed by atoms with Crippen LogP contribution in [0.3, 0.4) is 0 Å². The van der Waals surface area contributed by atoms with Gasteiger partial charge in [0.15, 0.2) is 0 Å². The largest absolute Gasteiger partial charge is 0.366 e. The number of nitrogens with zero attached hydrogens (tertiary/aromatic N) is 1. The van der Waals surface area contributed by atoms with E-state index in [2.05, 4.69) is 50.0 Å². The quantitative estimate of drug-likeness (QED) is 0.386. The fraction of sp³-hybridized carbons (Fsp3) is 0.429. The molecule has 140 valence electrons. The fourth-order valence-corrected chi connectivity index (χ4v) is 3.76. The minimum atomic E-state index is -0.577. The number of aromatic nitrogens is 1. The number of carbonyl (C=O) groups excluding carboxylic acids is 1. The number of hydroxylamine groups is 1. The molecule has 0 unspecified atom stereocenters. The summed E-state index contributed by atoms with van der Waals surface area (Å²) in [5.74, 6) is 0.956. The Hall–Kier alpha value is -2.40. The summed E-state index contributed by atoms with van der Waals surface area (Å²) < 4.78 is 0. The number of allylic oxidation sites excluding steroid dienone is 2. The molecule has 0 radical (unpaired) electrons. The molecular formula is C21H29N3O2. The minimum Gasteiger partial charge on any atom is -0.366 e. The van der Waals surface area contributed by atoms with E-state index in [0.717, 1.165) is 24.8 Å². The van der Waals surface area contributed by atoms with Gasteiger partial charge in [-0.05, 0) is 55.6 Å². The molecule has 0 aromatic carbocycles. The lowest BCUT2D eigenvalue weighted by Gasteiger charge is -2.44. The maximum atomic E-state index is 11.3. The molecule has 5 heteroatoms. The van der Waals surface area contributed by atoms with Crippen molar-refractivity contribution in [2.45, 2.75) is 33.1 Å². The van der Waals surface area contributed by atoms with Crippen LogP contribution in [0.15, 0.2) is 55.3 Å². The molecule has 1 aliphatic rings. The Labute approximate surface area is 155 Å². The zero-order valence-corrected chi connectivity index (χ0v) is 15.7. The second-order valence-electron chi connectivity index (χ2n) is 7.47. The molecule has 3 N–H and O–H groups in total. The Morgan fingerprint density at radius 1 is 1.46 bits per heavy atom. The second kappa shape index (κ2) is 8.32. The van der Waals surface area contributed by atoms with Crippen LogP contribution in [0.1, 0.15) is 43.5 Å². The Morgan fingerprint density at radius 2 is 2.19 bits per heavy atom. The van der Waals surface area contributed by atoms with Crippen molar-refractivity contribution in [2.24, 2.45) is 17.3 Å². The van der Waals surface area contributed by atoms with Gasteiger partial charge in [-0.15, -0.1) is 6.58 Å². The Balaban J connectivity index is 1.95. The number of nitrogens with one attached hydrogen (secondary N) is 2. The van der Waals surface area contributed by atoms with E-state index in [-0.39, 0.29) is 5.41 Å². The number of pyridine rings is 1. The molecule has 26 heavy (non-hydrogen) atoms. The van der Waals surface area contributed by atoms with Gasteiger partial charge < -0.3 is 5.32 Å². The van der Waals surface area contributed by atoms with E-state index < -0.39 is 5.91 Å². The number of rotatable bonds is 7. The maximum Gasteiger partial charge on any atom is 0.276 e. The smallest absolute Gasteiger partial charge is 0.276 e. The highest BCUT2D eigenvalue weighted by molar-refractivity contribution is 5.93. The fourth-order valence-electron chi connectivity index (χ4n) is 3.76. The van der Waals surface area contributed by atoms with Gasteiger partial charge in [0.25, 0.3) is 5.91 Å². The number of amides is 1. The van der Waals surface area contributed by atoms with E-state index in [1.54, 1.807) is 17.6 Å². The normalized spacial score (nSPS) is 25.2. The van der Waals surface area contributed by atoms with Crippen LogP contribution in [-0.2, 0) is 0 Å². The molecule has 0 aliphatic heterocycles. The van der Waals surface area contributed by atoms with Crippen molar-refractivity contribution in [3.63, 3.8) is 0 Å². The van der Waals surface area contributed by atoms with Crippen molar-refractivity contribution in [2.75, 3.05) is 11.9 Å². The summed E-state index contributed by atoms with van der Waals surface area (Å²) in [7, 11) is 0. The number of hydrogen-bond acceptors (Lipinski definition) is 4. The van der Waals surface area contributed by atoms with Crippen LogP contribution in [-0.4, -0.2) is 22.6 Å². The van der Waals surface area contributed by atoms with Gasteiger partial charge in [0.05, 0.1) is 5.56 Å². The van der Waals surface area contributed by atoms with Gasteiger partial charge in [-0.2, -0.15) is 0 Å². The Morgan fingerprint density at radius 3 is 2.73 bits per heavy atom. The number of anilines is 1. The van der Waals surface area contributed by atoms with Crippen LogP contribution < -0.4 is 10.8 Å². The van der Waals surface area contributed by atoms with Crippen LogP contribution in [0.4, 0.5) is 5.82 Å². The van der Waals surface area contributed by atoms with E-state index >= 15 is 0 Å². The van der Waals surface area contributed by atoms with Gasteiger partial charge in [0, 0.05) is 12.7 Å². The maximum absolute atomic E-state index is 11.3. The average molecular weight is 355 g/mol. The molecule has 1 saturated carbocycles. The third-order valence-corrected chi connectivity index (χ3v) is 5.61. The van der Waals surface area contributed by atoms with Crippen molar-refractivity contribution in [3.8, 4) is 0 Å². The predicted octanol–water partition coefficient (Wildman–Crippen LogP) is 4.35. The Bertz CT molecular complexity index is 696. The van der Waals surface area contributed by atoms with Gasteiger partial charge >= 0.3 is 0 Å². The monoisotopic (exact) mass is 355 g/mol. The minimum absolute atomic E-state index is 0.112. The van der Waals surface area contributed by atoms with Crippen molar-refractivity contribution in [3.05, 3.63) is 60.9 Å². The molecule has 1 fully saturated rings. The van der Waals surface area contributed by atoms with Crippen molar-refractivity contribution in [1.82, 2.24) is 10.5 Å². The third-order valence-electron chi connectivity index (χ3n) is 5.61. The van der Waals surface area contributed by atoms with Crippen molar-refractivity contribution >= 4 is 11.7 Å². The van der Waals surface area contributed by atoms with Gasteiger partial charge in [0.2, 0.25) is 0 Å². The van der Waals surface area contributed by atoms with Crippen molar-refractivity contribution in [1.29, 1.82) is 0 Å². The molecule has 0 bridgehead atoms. The SMILES string of the molecule is C=C[C@]1(C)CC[C@@H](C(=C)CNc2ccc(C(=O)NO)cn2)C[C@H]1C(=C)C. The zero-order chi connectivity index (χ0) is 19.3. The van der Waals surface area contributed by atoms with Gasteiger partial charge in [-0.1, -0.05) is 37.3 Å². The van der Waals surface area contributed by atoms with E-state index in [1.807, 2.05) is 0 Å². The third kappa shape index (κ3) is 4.41. The summed E-state index contributed by atoms with van der Waals surface area (Å²) >= 11 is 0. The lowest BCUT2D eigenvalue weighted by atomic mass is 9.61.